The van der Waals surface area contributed by atoms with Crippen LogP contribution in [0, 0.1) is 0 Å². The van der Waals surface area contributed by atoms with Gasteiger partial charge in [0.2, 0.25) is 0 Å². The molecule has 2 aliphatic rings. The van der Waals surface area contributed by atoms with Crippen LogP contribution in [0.3, 0.4) is 0 Å². The Morgan fingerprint density at radius 1 is 1.16 bits per heavy atom. The zero-order valence-corrected chi connectivity index (χ0v) is 17.3. The number of aliphatic hydroxyl groups is 1. The average Bonchev–Trinajstić information content (AvgIpc) is 3.55. The van der Waals surface area contributed by atoms with Gasteiger partial charge < -0.3 is 29.3 Å². The molecule has 0 saturated carbocycles. The number of H-pyrrole nitrogens is 2. The van der Waals surface area contributed by atoms with Gasteiger partial charge in [0, 0.05) is 18.0 Å². The van der Waals surface area contributed by atoms with Gasteiger partial charge in [-0.05, 0) is 18.2 Å². The predicted molar refractivity (Wildman–Crippen MR) is 114 cm³/mol. The number of hydrogen-bond acceptors (Lipinski definition) is 7. The van der Waals surface area contributed by atoms with Gasteiger partial charge in [-0.1, -0.05) is 23.7 Å². The number of imidazole rings is 2. The molecule has 0 radical (unpaired) electrons. The second-order valence-corrected chi connectivity index (χ2v) is 8.14. The summed E-state index contributed by atoms with van der Waals surface area (Å²) >= 11 is 6.49. The summed E-state index contributed by atoms with van der Waals surface area (Å²) in [5, 5.41) is 10.3. The minimum absolute atomic E-state index is 0.212. The van der Waals surface area contributed by atoms with E-state index >= 15 is 0 Å². The molecule has 1 aromatic carbocycles. The van der Waals surface area contributed by atoms with E-state index in [1.54, 1.807) is 18.5 Å². The number of hydrogen-bond donors (Lipinski definition) is 3. The Bertz CT molecular complexity index is 1350. The summed E-state index contributed by atoms with van der Waals surface area (Å²) in [7, 11) is 0. The van der Waals surface area contributed by atoms with Crippen LogP contribution in [0.1, 0.15) is 0 Å². The van der Waals surface area contributed by atoms with Crippen LogP contribution in [0.5, 0.6) is 6.01 Å². The molecule has 3 N–H and O–H groups in total. The number of fused-ring (bicyclic) bond motifs is 2. The fourth-order valence-corrected chi connectivity index (χ4v) is 4.41. The van der Waals surface area contributed by atoms with Crippen LogP contribution in [0.2, 0.25) is 5.02 Å². The number of aliphatic hydroxyl groups excluding tert-OH is 1. The lowest BCUT2D eigenvalue weighted by Gasteiger charge is -2.15. The first-order chi connectivity index (χ1) is 15.6. The third-order valence-corrected chi connectivity index (χ3v) is 6.01. The first kappa shape index (κ1) is 19.5. The summed E-state index contributed by atoms with van der Waals surface area (Å²) < 4.78 is 18.6. The number of nitrogens with one attached hydrogen (secondary N) is 2. The number of aromatic nitrogens is 5. The van der Waals surface area contributed by atoms with Crippen molar-refractivity contribution < 1.29 is 19.3 Å². The molecule has 0 amide bonds. The van der Waals surface area contributed by atoms with E-state index < -0.39 is 6.10 Å². The lowest BCUT2D eigenvalue weighted by Crippen LogP contribution is -2.34. The summed E-state index contributed by atoms with van der Waals surface area (Å²) in [6.45, 7) is 0.535. The highest BCUT2D eigenvalue weighted by Crippen LogP contribution is 2.32. The monoisotopic (exact) mass is 455 g/mol. The molecule has 3 aromatic heterocycles. The summed E-state index contributed by atoms with van der Waals surface area (Å²) in [4.78, 5) is 26.5. The Kier molecular flexibility index (Phi) is 4.54. The Labute approximate surface area is 185 Å². The van der Waals surface area contributed by atoms with E-state index in [1.807, 2.05) is 24.3 Å². The van der Waals surface area contributed by atoms with Crippen molar-refractivity contribution in [3.05, 3.63) is 58.2 Å². The second kappa shape index (κ2) is 7.45. The minimum Gasteiger partial charge on any atom is -0.456 e. The molecule has 0 bridgehead atoms. The Balaban J connectivity index is 1.27. The van der Waals surface area contributed by atoms with E-state index in [9.17, 15) is 9.90 Å². The largest absolute Gasteiger partial charge is 0.456 e. The molecule has 0 spiro atoms. The molecule has 5 heterocycles. The fraction of sp³-hybridized carbons (Fsp3) is 0.286. The summed E-state index contributed by atoms with van der Waals surface area (Å²) in [5.74, 6) is 0. The van der Waals surface area contributed by atoms with Gasteiger partial charge in [-0.2, -0.15) is 4.98 Å². The Hall–Kier alpha value is -3.18. The van der Waals surface area contributed by atoms with Gasteiger partial charge in [0.1, 0.15) is 18.3 Å². The van der Waals surface area contributed by atoms with Gasteiger partial charge in [-0.3, -0.25) is 4.57 Å². The number of rotatable bonds is 4. The van der Waals surface area contributed by atoms with Gasteiger partial charge in [-0.15, -0.1) is 0 Å². The average molecular weight is 456 g/mol. The number of ether oxygens (including phenoxy) is 3. The van der Waals surface area contributed by atoms with Crippen LogP contribution in [-0.2, 0) is 9.47 Å². The molecular formula is C21H18ClN5O5. The van der Waals surface area contributed by atoms with Crippen LogP contribution >= 0.6 is 11.6 Å². The summed E-state index contributed by atoms with van der Waals surface area (Å²) in [6.07, 6.45) is 1.50. The van der Waals surface area contributed by atoms with Crippen molar-refractivity contribution in [2.75, 3.05) is 13.2 Å². The van der Waals surface area contributed by atoms with Crippen molar-refractivity contribution in [3.63, 3.8) is 0 Å². The van der Waals surface area contributed by atoms with Crippen molar-refractivity contribution in [3.8, 4) is 23.0 Å². The van der Waals surface area contributed by atoms with Crippen molar-refractivity contribution in [1.82, 2.24) is 24.5 Å². The number of pyridine rings is 1. The molecule has 164 valence electrons. The Morgan fingerprint density at radius 3 is 2.75 bits per heavy atom. The summed E-state index contributed by atoms with van der Waals surface area (Å²) in [6, 6.07) is 9.35. The third-order valence-electron chi connectivity index (χ3n) is 5.72. The lowest BCUT2D eigenvalue weighted by atomic mass is 10.1. The van der Waals surface area contributed by atoms with Gasteiger partial charge in [-0.25, -0.2) is 9.78 Å². The molecule has 11 heteroatoms. The maximum Gasteiger partial charge on any atom is 0.330 e. The highest BCUT2D eigenvalue weighted by Gasteiger charge is 2.48. The Morgan fingerprint density at radius 2 is 1.97 bits per heavy atom. The number of nitrogens with zero attached hydrogens (tertiary/aromatic N) is 3. The zero-order valence-electron chi connectivity index (χ0n) is 16.6. The van der Waals surface area contributed by atoms with Gasteiger partial charge in [0.05, 0.1) is 35.1 Å². The smallest absolute Gasteiger partial charge is 0.330 e. The molecule has 4 atom stereocenters. The fourth-order valence-electron chi connectivity index (χ4n) is 4.15. The highest BCUT2D eigenvalue weighted by molar-refractivity contribution is 6.33. The van der Waals surface area contributed by atoms with Crippen LogP contribution in [0.4, 0.5) is 0 Å². The quantitative estimate of drug-likeness (QED) is 0.427. The van der Waals surface area contributed by atoms with E-state index in [4.69, 9.17) is 25.8 Å². The van der Waals surface area contributed by atoms with Crippen LogP contribution in [0.15, 0.2) is 47.5 Å². The van der Waals surface area contributed by atoms with Crippen LogP contribution in [0.25, 0.3) is 28.1 Å². The molecule has 32 heavy (non-hydrogen) atoms. The van der Waals surface area contributed by atoms with Crippen LogP contribution < -0.4 is 10.4 Å². The van der Waals surface area contributed by atoms with Gasteiger partial charge in [0.25, 0.3) is 6.01 Å². The maximum absolute atomic E-state index is 11.8. The SMILES string of the molecule is O=c1[nH]ccn1-c1ccc(-c2nc3nc(OC4COC5C(O)COC45)[nH]c3cc2Cl)cc1. The lowest BCUT2D eigenvalue weighted by molar-refractivity contribution is 0.00706. The second-order valence-electron chi connectivity index (χ2n) is 7.73. The number of halogens is 1. The molecule has 2 fully saturated rings. The van der Waals surface area contributed by atoms with Crippen molar-refractivity contribution >= 4 is 22.8 Å². The highest BCUT2D eigenvalue weighted by atomic mass is 35.5. The number of aromatic amines is 2. The predicted octanol–water partition coefficient (Wildman–Crippen LogP) is 1.66. The van der Waals surface area contributed by atoms with Crippen molar-refractivity contribution in [2.45, 2.75) is 24.4 Å². The molecule has 0 aliphatic carbocycles. The van der Waals surface area contributed by atoms with Crippen molar-refractivity contribution in [2.24, 2.45) is 0 Å². The zero-order chi connectivity index (χ0) is 21.8. The van der Waals surface area contributed by atoms with E-state index in [-0.39, 0.29) is 36.6 Å². The van der Waals surface area contributed by atoms with E-state index in [1.165, 1.54) is 4.57 Å². The standard InChI is InChI=1S/C21H18ClN5O5/c22-12-7-13-19(26-20(24-13)32-15-9-31-17-14(28)8-30-18(15)17)25-16(12)10-1-3-11(4-2-10)27-6-5-23-21(27)29/h1-7,14-15,17-18,28H,8-9H2,(H,23,29)(H,24,25,26). The van der Waals surface area contributed by atoms with E-state index in [2.05, 4.69) is 19.9 Å². The minimum atomic E-state index is -0.644. The topological polar surface area (TPSA) is 127 Å². The van der Waals surface area contributed by atoms with Gasteiger partial charge >= 0.3 is 5.69 Å². The molecule has 4 unspecified atom stereocenters. The molecule has 2 aliphatic heterocycles. The van der Waals surface area contributed by atoms with Crippen molar-refractivity contribution in [1.29, 1.82) is 0 Å². The first-order valence-corrected chi connectivity index (χ1v) is 10.5. The molecule has 2 saturated heterocycles. The normalized spacial score (nSPS) is 24.8. The van der Waals surface area contributed by atoms with Crippen LogP contribution in [-0.4, -0.2) is 67.2 Å². The third kappa shape index (κ3) is 3.19. The molecular weight excluding hydrogens is 438 g/mol. The van der Waals surface area contributed by atoms with E-state index in [0.29, 0.717) is 28.5 Å². The van der Waals surface area contributed by atoms with Gasteiger partial charge in [0.15, 0.2) is 11.8 Å². The summed E-state index contributed by atoms with van der Waals surface area (Å²) in [5.41, 5.74) is 2.95. The molecule has 4 aromatic rings. The van der Waals surface area contributed by atoms with E-state index in [0.717, 1.165) is 11.3 Å². The molecule has 10 nitrogen and oxygen atoms in total. The molecule has 6 rings (SSSR count). The maximum atomic E-state index is 11.8. The first-order valence-electron chi connectivity index (χ1n) is 10.1. The number of benzene rings is 1.